The molecular weight excluding hydrogens is 306 g/mol. The standard InChI is InChI=1S/C16H24ClNO2S/c1-5-18-16(4,15(19)20-6-2)11-12(3)21-14-9-7-13(17)8-10-14/h7-10,12,18H,5-6,11H2,1-4H3. The number of hydrogen-bond acceptors (Lipinski definition) is 4. The zero-order valence-corrected chi connectivity index (χ0v) is 14.7. The normalized spacial score (nSPS) is 15.3. The maximum atomic E-state index is 12.2. The lowest BCUT2D eigenvalue weighted by Gasteiger charge is -2.30. The molecule has 0 saturated heterocycles. The van der Waals surface area contributed by atoms with E-state index >= 15 is 0 Å². The monoisotopic (exact) mass is 329 g/mol. The molecule has 1 rings (SSSR count). The van der Waals surface area contributed by atoms with Gasteiger partial charge in [0.15, 0.2) is 0 Å². The van der Waals surface area contributed by atoms with Gasteiger partial charge in [-0.2, -0.15) is 0 Å². The summed E-state index contributed by atoms with van der Waals surface area (Å²) in [4.78, 5) is 13.3. The van der Waals surface area contributed by atoms with Crippen LogP contribution >= 0.6 is 23.4 Å². The van der Waals surface area contributed by atoms with Crippen molar-refractivity contribution in [2.24, 2.45) is 0 Å². The summed E-state index contributed by atoms with van der Waals surface area (Å²) in [6.07, 6.45) is 0.701. The van der Waals surface area contributed by atoms with Crippen LogP contribution in [0.15, 0.2) is 29.2 Å². The van der Waals surface area contributed by atoms with Gasteiger partial charge in [-0.15, -0.1) is 11.8 Å². The zero-order chi connectivity index (χ0) is 15.9. The van der Waals surface area contributed by atoms with E-state index in [1.165, 1.54) is 0 Å². The van der Waals surface area contributed by atoms with Crippen molar-refractivity contribution in [2.45, 2.75) is 49.8 Å². The largest absolute Gasteiger partial charge is 0.465 e. The fraction of sp³-hybridized carbons (Fsp3) is 0.562. The number of ether oxygens (including phenoxy) is 1. The summed E-state index contributed by atoms with van der Waals surface area (Å²) in [7, 11) is 0. The number of halogens is 1. The average molecular weight is 330 g/mol. The Morgan fingerprint density at radius 1 is 1.38 bits per heavy atom. The van der Waals surface area contributed by atoms with Crippen LogP contribution in [0.25, 0.3) is 0 Å². The van der Waals surface area contributed by atoms with E-state index in [2.05, 4.69) is 12.2 Å². The van der Waals surface area contributed by atoms with Crippen molar-refractivity contribution < 1.29 is 9.53 Å². The van der Waals surface area contributed by atoms with Gasteiger partial charge in [0.25, 0.3) is 0 Å². The molecule has 1 N–H and O–H groups in total. The van der Waals surface area contributed by atoms with Crippen LogP contribution in [0.5, 0.6) is 0 Å². The van der Waals surface area contributed by atoms with Crippen LogP contribution in [0.4, 0.5) is 0 Å². The number of benzene rings is 1. The molecule has 118 valence electrons. The highest BCUT2D eigenvalue weighted by molar-refractivity contribution is 7.99. The van der Waals surface area contributed by atoms with E-state index in [1.54, 1.807) is 11.8 Å². The van der Waals surface area contributed by atoms with Crippen molar-refractivity contribution in [2.75, 3.05) is 13.2 Å². The van der Waals surface area contributed by atoms with Crippen molar-refractivity contribution in [3.8, 4) is 0 Å². The van der Waals surface area contributed by atoms with Gasteiger partial charge in [0.2, 0.25) is 0 Å². The number of rotatable bonds is 8. The molecule has 3 nitrogen and oxygen atoms in total. The maximum absolute atomic E-state index is 12.2. The maximum Gasteiger partial charge on any atom is 0.326 e. The van der Waals surface area contributed by atoms with Gasteiger partial charge in [-0.3, -0.25) is 4.79 Å². The number of carbonyl (C=O) groups excluding carboxylic acids is 1. The number of carbonyl (C=O) groups is 1. The van der Waals surface area contributed by atoms with E-state index < -0.39 is 5.54 Å². The molecule has 2 atom stereocenters. The summed E-state index contributed by atoms with van der Waals surface area (Å²) in [5, 5.41) is 4.27. The Balaban J connectivity index is 2.69. The van der Waals surface area contributed by atoms with E-state index in [0.29, 0.717) is 13.0 Å². The Bertz CT molecular complexity index is 452. The second kappa shape index (κ2) is 8.66. The van der Waals surface area contributed by atoms with Gasteiger partial charge < -0.3 is 10.1 Å². The highest BCUT2D eigenvalue weighted by atomic mass is 35.5. The highest BCUT2D eigenvalue weighted by Crippen LogP contribution is 2.30. The minimum atomic E-state index is -0.649. The molecule has 5 heteroatoms. The third-order valence-corrected chi connectivity index (χ3v) is 4.50. The van der Waals surface area contributed by atoms with Crippen molar-refractivity contribution in [1.29, 1.82) is 0 Å². The summed E-state index contributed by atoms with van der Waals surface area (Å²) >= 11 is 7.63. The summed E-state index contributed by atoms with van der Waals surface area (Å²) in [5.74, 6) is -0.185. The zero-order valence-electron chi connectivity index (χ0n) is 13.1. The summed E-state index contributed by atoms with van der Waals surface area (Å²) < 4.78 is 5.20. The van der Waals surface area contributed by atoms with Crippen LogP contribution in [0.2, 0.25) is 5.02 Å². The Kier molecular flexibility index (Phi) is 7.57. The average Bonchev–Trinajstić information content (AvgIpc) is 2.41. The number of nitrogens with one attached hydrogen (secondary N) is 1. The molecule has 0 spiro atoms. The number of esters is 1. The van der Waals surface area contributed by atoms with E-state index in [0.717, 1.165) is 16.5 Å². The Morgan fingerprint density at radius 3 is 2.52 bits per heavy atom. The topological polar surface area (TPSA) is 38.3 Å². The fourth-order valence-electron chi connectivity index (χ4n) is 2.27. The van der Waals surface area contributed by atoms with E-state index in [-0.39, 0.29) is 11.2 Å². The van der Waals surface area contributed by atoms with E-state index in [9.17, 15) is 4.79 Å². The molecule has 1 aromatic rings. The predicted octanol–water partition coefficient (Wildman–Crippen LogP) is 4.14. The lowest BCUT2D eigenvalue weighted by molar-refractivity contribution is -0.150. The Morgan fingerprint density at radius 2 is 2.00 bits per heavy atom. The molecule has 0 fully saturated rings. The lowest BCUT2D eigenvalue weighted by Crippen LogP contribution is -2.51. The van der Waals surface area contributed by atoms with Crippen molar-refractivity contribution in [3.05, 3.63) is 29.3 Å². The molecule has 0 amide bonds. The van der Waals surface area contributed by atoms with Crippen LogP contribution < -0.4 is 5.32 Å². The SMILES string of the molecule is CCNC(C)(CC(C)Sc1ccc(Cl)cc1)C(=O)OCC. The summed E-state index contributed by atoms with van der Waals surface area (Å²) in [6.45, 7) is 8.98. The first kappa shape index (κ1) is 18.3. The molecule has 0 saturated carbocycles. The number of hydrogen-bond donors (Lipinski definition) is 1. The van der Waals surface area contributed by atoms with Gasteiger partial charge in [0.1, 0.15) is 5.54 Å². The van der Waals surface area contributed by atoms with Gasteiger partial charge in [0.05, 0.1) is 6.61 Å². The first-order chi connectivity index (χ1) is 9.91. The molecular formula is C16H24ClNO2S. The minimum Gasteiger partial charge on any atom is -0.465 e. The smallest absolute Gasteiger partial charge is 0.326 e. The molecule has 1 aromatic carbocycles. The fourth-order valence-corrected chi connectivity index (χ4v) is 3.57. The molecule has 0 aliphatic rings. The van der Waals surface area contributed by atoms with Crippen LogP contribution in [-0.4, -0.2) is 29.9 Å². The Labute approximate surface area is 136 Å². The van der Waals surface area contributed by atoms with Gasteiger partial charge in [0, 0.05) is 15.2 Å². The molecule has 0 aliphatic carbocycles. The van der Waals surface area contributed by atoms with Gasteiger partial charge in [-0.1, -0.05) is 25.4 Å². The lowest BCUT2D eigenvalue weighted by atomic mass is 9.96. The van der Waals surface area contributed by atoms with Crippen LogP contribution in [0, 0.1) is 0 Å². The minimum absolute atomic E-state index is 0.185. The molecule has 0 radical (unpaired) electrons. The van der Waals surface area contributed by atoms with Crippen molar-refractivity contribution >= 4 is 29.3 Å². The Hall–Kier alpha value is -0.710. The van der Waals surface area contributed by atoms with Gasteiger partial charge in [-0.05, 0) is 51.1 Å². The van der Waals surface area contributed by atoms with Gasteiger partial charge in [-0.25, -0.2) is 0 Å². The molecule has 0 bridgehead atoms. The van der Waals surface area contributed by atoms with E-state index in [4.69, 9.17) is 16.3 Å². The number of thioether (sulfide) groups is 1. The third kappa shape index (κ3) is 5.89. The third-order valence-electron chi connectivity index (χ3n) is 3.14. The molecule has 0 heterocycles. The summed E-state index contributed by atoms with van der Waals surface area (Å²) in [5.41, 5.74) is -0.649. The first-order valence-corrected chi connectivity index (χ1v) is 8.51. The summed E-state index contributed by atoms with van der Waals surface area (Å²) in [6, 6.07) is 7.76. The quantitative estimate of drug-likeness (QED) is 0.574. The van der Waals surface area contributed by atoms with E-state index in [1.807, 2.05) is 45.0 Å². The molecule has 21 heavy (non-hydrogen) atoms. The van der Waals surface area contributed by atoms with Crippen LogP contribution in [0.1, 0.15) is 34.1 Å². The number of likely N-dealkylation sites (N-methyl/N-ethyl adjacent to an activating group) is 1. The second-order valence-electron chi connectivity index (χ2n) is 5.17. The molecule has 0 aliphatic heterocycles. The predicted molar refractivity (Wildman–Crippen MR) is 90.1 cm³/mol. The highest BCUT2D eigenvalue weighted by Gasteiger charge is 2.35. The van der Waals surface area contributed by atoms with Crippen LogP contribution in [-0.2, 0) is 9.53 Å². The van der Waals surface area contributed by atoms with Gasteiger partial charge >= 0.3 is 5.97 Å². The second-order valence-corrected chi connectivity index (χ2v) is 7.12. The molecule has 2 unspecified atom stereocenters. The van der Waals surface area contributed by atoms with Crippen LogP contribution in [0.3, 0.4) is 0 Å². The van der Waals surface area contributed by atoms with Crippen molar-refractivity contribution in [1.82, 2.24) is 5.32 Å². The first-order valence-electron chi connectivity index (χ1n) is 7.25. The molecule has 0 aromatic heterocycles. The van der Waals surface area contributed by atoms with Crippen molar-refractivity contribution in [3.63, 3.8) is 0 Å².